The van der Waals surface area contributed by atoms with Gasteiger partial charge in [-0.25, -0.2) is 4.79 Å². The predicted octanol–water partition coefficient (Wildman–Crippen LogP) is 4.08. The quantitative estimate of drug-likeness (QED) is 0.664. The molecule has 1 aromatic rings. The van der Waals surface area contributed by atoms with Crippen LogP contribution in [0.3, 0.4) is 0 Å². The molecule has 2 amide bonds. The van der Waals surface area contributed by atoms with Gasteiger partial charge in [-0.3, -0.25) is 4.79 Å². The van der Waals surface area contributed by atoms with Gasteiger partial charge in [0.25, 0.3) is 0 Å². The summed E-state index contributed by atoms with van der Waals surface area (Å²) in [6.45, 7) is 12.0. The fraction of sp³-hybridized carbons (Fsp3) is 0.680. The lowest BCUT2D eigenvalue weighted by molar-refractivity contribution is -0.143. The Morgan fingerprint density at radius 2 is 1.74 bits per heavy atom. The monoisotopic (exact) mass is 429 g/mol. The van der Waals surface area contributed by atoms with Gasteiger partial charge in [-0.2, -0.15) is 0 Å². The largest absolute Gasteiger partial charge is 0.466 e. The number of urea groups is 1. The van der Waals surface area contributed by atoms with Crippen LogP contribution in [0.1, 0.15) is 58.1 Å². The van der Waals surface area contributed by atoms with Gasteiger partial charge in [-0.1, -0.05) is 44.2 Å². The summed E-state index contributed by atoms with van der Waals surface area (Å²) in [5, 5.41) is 3.08. The van der Waals surface area contributed by atoms with E-state index in [1.165, 1.54) is 19.5 Å². The summed E-state index contributed by atoms with van der Waals surface area (Å²) in [4.78, 5) is 29.6. The van der Waals surface area contributed by atoms with Crippen LogP contribution in [0.4, 0.5) is 4.79 Å². The summed E-state index contributed by atoms with van der Waals surface area (Å²) in [7, 11) is 0. The van der Waals surface area contributed by atoms with Crippen LogP contribution in [-0.4, -0.2) is 61.1 Å². The van der Waals surface area contributed by atoms with Crippen LogP contribution in [0.2, 0.25) is 0 Å². The smallest absolute Gasteiger partial charge is 0.317 e. The number of esters is 1. The van der Waals surface area contributed by atoms with Gasteiger partial charge in [-0.05, 0) is 49.5 Å². The summed E-state index contributed by atoms with van der Waals surface area (Å²) in [5.74, 6) is 1.93. The molecule has 2 fully saturated rings. The Balaban J connectivity index is 1.50. The molecule has 2 aliphatic heterocycles. The van der Waals surface area contributed by atoms with Crippen molar-refractivity contribution in [1.29, 1.82) is 0 Å². The van der Waals surface area contributed by atoms with Crippen molar-refractivity contribution in [3.8, 4) is 0 Å². The van der Waals surface area contributed by atoms with Crippen molar-refractivity contribution in [3.05, 3.63) is 35.9 Å². The lowest BCUT2D eigenvalue weighted by atomic mass is 9.89. The molecule has 0 unspecified atom stereocenters. The van der Waals surface area contributed by atoms with E-state index in [2.05, 4.69) is 24.1 Å². The lowest BCUT2D eigenvalue weighted by Gasteiger charge is -2.39. The fourth-order valence-electron chi connectivity index (χ4n) is 5.19. The predicted molar refractivity (Wildman–Crippen MR) is 123 cm³/mol. The molecule has 2 aliphatic rings. The summed E-state index contributed by atoms with van der Waals surface area (Å²) < 4.78 is 5.11. The first-order valence-corrected chi connectivity index (χ1v) is 11.9. The van der Waals surface area contributed by atoms with Crippen molar-refractivity contribution in [2.45, 2.75) is 52.5 Å². The Labute approximate surface area is 187 Å². The number of nitrogens with one attached hydrogen (secondary N) is 1. The van der Waals surface area contributed by atoms with Crippen molar-refractivity contribution in [2.24, 2.45) is 17.8 Å². The maximum atomic E-state index is 13.0. The van der Waals surface area contributed by atoms with E-state index in [1.807, 2.05) is 35.2 Å². The second kappa shape index (κ2) is 11.5. The topological polar surface area (TPSA) is 61.9 Å². The second-order valence-electron chi connectivity index (χ2n) is 9.52. The molecule has 6 nitrogen and oxygen atoms in total. The SMILES string of the molecule is CCOC(=O)C[C@H](NC(=O)N1CCC(CN2C[C@@H](C)C[C@H](C)C2)CC1)c1ccccc1. The van der Waals surface area contributed by atoms with Crippen LogP contribution in [0.25, 0.3) is 0 Å². The number of hydrogen-bond donors (Lipinski definition) is 1. The summed E-state index contributed by atoms with van der Waals surface area (Å²) in [6, 6.07) is 9.20. The molecule has 0 aromatic heterocycles. The number of carbonyl (C=O) groups is 2. The van der Waals surface area contributed by atoms with Crippen LogP contribution in [0, 0.1) is 17.8 Å². The Bertz CT molecular complexity index is 693. The minimum Gasteiger partial charge on any atom is -0.466 e. The third-order valence-electron chi connectivity index (χ3n) is 6.54. The van der Waals surface area contributed by atoms with Crippen LogP contribution in [0.5, 0.6) is 0 Å². The highest BCUT2D eigenvalue weighted by Crippen LogP contribution is 2.25. The molecule has 3 atom stereocenters. The molecular formula is C25H39N3O3. The van der Waals surface area contributed by atoms with Crippen LogP contribution < -0.4 is 5.32 Å². The van der Waals surface area contributed by atoms with Crippen molar-refractivity contribution in [2.75, 3.05) is 39.3 Å². The molecule has 0 bridgehead atoms. The summed E-state index contributed by atoms with van der Waals surface area (Å²) in [6.07, 6.45) is 3.57. The van der Waals surface area contributed by atoms with Gasteiger partial charge < -0.3 is 19.9 Å². The Morgan fingerprint density at radius 1 is 1.10 bits per heavy atom. The molecular weight excluding hydrogens is 390 g/mol. The van der Waals surface area contributed by atoms with Gasteiger partial charge in [0, 0.05) is 32.7 Å². The highest BCUT2D eigenvalue weighted by atomic mass is 16.5. The highest BCUT2D eigenvalue weighted by molar-refractivity contribution is 5.77. The standard InChI is InChI=1S/C25H39N3O3/c1-4-31-24(29)15-23(22-8-6-5-7-9-22)26-25(30)28-12-10-21(11-13-28)18-27-16-19(2)14-20(3)17-27/h5-9,19-21,23H,4,10-18H2,1-3H3,(H,26,30)/t19-,20-,23-/m0/s1. The molecule has 2 heterocycles. The first-order valence-electron chi connectivity index (χ1n) is 11.9. The lowest BCUT2D eigenvalue weighted by Crippen LogP contribution is -2.48. The molecule has 6 heteroatoms. The molecule has 172 valence electrons. The molecule has 0 radical (unpaired) electrons. The number of amides is 2. The Hall–Kier alpha value is -2.08. The first kappa shape index (κ1) is 23.6. The molecule has 0 saturated carbocycles. The zero-order valence-electron chi connectivity index (χ0n) is 19.4. The van der Waals surface area contributed by atoms with E-state index < -0.39 is 0 Å². The van der Waals surface area contributed by atoms with Gasteiger partial charge in [0.05, 0.1) is 19.1 Å². The van der Waals surface area contributed by atoms with E-state index in [4.69, 9.17) is 4.74 Å². The third-order valence-corrected chi connectivity index (χ3v) is 6.54. The van der Waals surface area contributed by atoms with E-state index in [0.717, 1.165) is 49.9 Å². The van der Waals surface area contributed by atoms with E-state index in [1.54, 1.807) is 6.92 Å². The van der Waals surface area contributed by atoms with Crippen molar-refractivity contribution in [1.82, 2.24) is 15.1 Å². The van der Waals surface area contributed by atoms with Crippen LogP contribution in [-0.2, 0) is 9.53 Å². The Morgan fingerprint density at radius 3 is 2.35 bits per heavy atom. The van der Waals surface area contributed by atoms with Gasteiger partial charge in [0.15, 0.2) is 0 Å². The van der Waals surface area contributed by atoms with Gasteiger partial charge >= 0.3 is 12.0 Å². The van der Waals surface area contributed by atoms with Gasteiger partial charge in [0.2, 0.25) is 0 Å². The maximum absolute atomic E-state index is 13.0. The van der Waals surface area contributed by atoms with Crippen molar-refractivity contribution in [3.63, 3.8) is 0 Å². The molecule has 0 aliphatic carbocycles. The highest BCUT2D eigenvalue weighted by Gasteiger charge is 2.29. The normalized spacial score (nSPS) is 23.9. The number of hydrogen-bond acceptors (Lipinski definition) is 4. The van der Waals surface area contributed by atoms with Crippen LogP contribution in [0.15, 0.2) is 30.3 Å². The molecule has 2 saturated heterocycles. The summed E-state index contributed by atoms with van der Waals surface area (Å²) in [5.41, 5.74) is 0.923. The zero-order chi connectivity index (χ0) is 22.2. The zero-order valence-corrected chi connectivity index (χ0v) is 19.4. The number of likely N-dealkylation sites (tertiary alicyclic amines) is 2. The van der Waals surface area contributed by atoms with E-state index in [-0.39, 0.29) is 24.5 Å². The minimum atomic E-state index is -0.373. The molecule has 3 rings (SSSR count). The first-order chi connectivity index (χ1) is 14.9. The van der Waals surface area contributed by atoms with E-state index in [0.29, 0.717) is 12.5 Å². The number of ether oxygens (including phenoxy) is 1. The number of piperidine rings is 2. The average molecular weight is 430 g/mol. The molecule has 1 aromatic carbocycles. The average Bonchev–Trinajstić information content (AvgIpc) is 2.74. The summed E-state index contributed by atoms with van der Waals surface area (Å²) >= 11 is 0. The number of carbonyl (C=O) groups excluding carboxylic acids is 2. The molecule has 31 heavy (non-hydrogen) atoms. The minimum absolute atomic E-state index is 0.0863. The third kappa shape index (κ3) is 7.23. The van der Waals surface area contributed by atoms with Crippen LogP contribution >= 0.6 is 0 Å². The molecule has 1 N–H and O–H groups in total. The number of rotatable bonds is 7. The van der Waals surface area contributed by atoms with Crippen molar-refractivity contribution >= 4 is 12.0 Å². The fourth-order valence-corrected chi connectivity index (χ4v) is 5.19. The van der Waals surface area contributed by atoms with Crippen molar-refractivity contribution < 1.29 is 14.3 Å². The van der Waals surface area contributed by atoms with Gasteiger partial charge in [0.1, 0.15) is 0 Å². The molecule has 0 spiro atoms. The van der Waals surface area contributed by atoms with E-state index in [9.17, 15) is 9.59 Å². The maximum Gasteiger partial charge on any atom is 0.317 e. The van der Waals surface area contributed by atoms with E-state index >= 15 is 0 Å². The second-order valence-corrected chi connectivity index (χ2v) is 9.52. The number of nitrogens with zero attached hydrogens (tertiary/aromatic N) is 2. The Kier molecular flexibility index (Phi) is 8.76. The van der Waals surface area contributed by atoms with Gasteiger partial charge in [-0.15, -0.1) is 0 Å². The number of benzene rings is 1.